The monoisotopic (exact) mass is 204 g/mol. The Morgan fingerprint density at radius 2 is 1.40 bits per heavy atom. The Kier molecular flexibility index (Phi) is 80.1. The average molecular weight is 206 g/mol. The summed E-state index contributed by atoms with van der Waals surface area (Å²) in [6, 6.07) is 0. The molecule has 3 heteroatoms. The fraction of sp³-hybridized carbons (Fsp3) is 0.500. The van der Waals surface area contributed by atoms with Crippen molar-refractivity contribution in [2.24, 2.45) is 0 Å². The van der Waals surface area contributed by atoms with Gasteiger partial charge < -0.3 is 4.79 Å². The third-order valence-electron chi connectivity index (χ3n) is 0. The van der Waals surface area contributed by atoms with Crippen LogP contribution in [-0.2, 0) is 4.79 Å². The number of hydrogen-bond acceptors (Lipinski definition) is 1. The second kappa shape index (κ2) is 23.0. The summed E-state index contributed by atoms with van der Waals surface area (Å²) in [6.45, 7) is 1.44. The molecule has 0 aromatic carbocycles. The highest BCUT2D eigenvalue weighted by atomic mass is 79.9. The molecule has 0 bridgehead atoms. The topological polar surface area (TPSA) is 17.1 Å². The van der Waals surface area contributed by atoms with E-state index >= 15 is 0 Å². The van der Waals surface area contributed by atoms with Gasteiger partial charge in [-0.1, -0.05) is 0 Å². The van der Waals surface area contributed by atoms with Crippen LogP contribution in [0.2, 0.25) is 0 Å². The lowest BCUT2D eigenvalue weighted by Crippen LogP contribution is -1.36. The van der Waals surface area contributed by atoms with Crippen molar-refractivity contribution in [3.8, 4) is 0 Å². The van der Waals surface area contributed by atoms with Crippen LogP contribution in [0.4, 0.5) is 0 Å². The van der Waals surface area contributed by atoms with Gasteiger partial charge in [-0.2, -0.15) is 0 Å². The van der Waals surface area contributed by atoms with Crippen LogP contribution < -0.4 is 0 Å². The minimum Gasteiger partial charge on any atom is -0.304 e. The van der Waals surface area contributed by atoms with Crippen LogP contribution in [0.25, 0.3) is 0 Å². The highest BCUT2D eigenvalue weighted by Gasteiger charge is 1.24. The predicted octanol–water partition coefficient (Wildman–Crippen LogP) is 1.36. The molecule has 0 aliphatic heterocycles. The standard InChI is InChI=1S/C2H4O.2BrH/c1-2-3;;/h2H,1H3;2*1H. The van der Waals surface area contributed by atoms with E-state index in [2.05, 4.69) is 0 Å². The number of carbonyl (C=O) groups is 1. The Morgan fingerprint density at radius 1 is 1.40 bits per heavy atom. The third-order valence-corrected chi connectivity index (χ3v) is 0. The zero-order valence-corrected chi connectivity index (χ0v) is 6.23. The largest absolute Gasteiger partial charge is 0.304 e. The maximum atomic E-state index is 8.81. The molecule has 0 aliphatic carbocycles. The van der Waals surface area contributed by atoms with Crippen molar-refractivity contribution in [3.63, 3.8) is 0 Å². The van der Waals surface area contributed by atoms with Crippen LogP contribution in [0.5, 0.6) is 0 Å². The second-order valence-electron chi connectivity index (χ2n) is 0.236. The van der Waals surface area contributed by atoms with Crippen molar-refractivity contribution in [1.82, 2.24) is 0 Å². The van der Waals surface area contributed by atoms with E-state index in [9.17, 15) is 0 Å². The van der Waals surface area contributed by atoms with Gasteiger partial charge in [0.1, 0.15) is 6.29 Å². The summed E-state index contributed by atoms with van der Waals surface area (Å²) < 4.78 is 0. The Morgan fingerprint density at radius 3 is 1.40 bits per heavy atom. The Balaban J connectivity index is -0.0000000200. The van der Waals surface area contributed by atoms with E-state index in [1.165, 1.54) is 6.92 Å². The highest BCUT2D eigenvalue weighted by molar-refractivity contribution is 8.93. The van der Waals surface area contributed by atoms with Crippen molar-refractivity contribution in [3.05, 3.63) is 0 Å². The summed E-state index contributed by atoms with van der Waals surface area (Å²) in [5, 5.41) is 0. The van der Waals surface area contributed by atoms with Gasteiger partial charge in [0.2, 0.25) is 0 Å². The first kappa shape index (κ1) is 17.4. The first-order valence-electron chi connectivity index (χ1n) is 0.813. The molecule has 0 fully saturated rings. The molecule has 0 radical (unpaired) electrons. The van der Waals surface area contributed by atoms with Crippen molar-refractivity contribution < 1.29 is 4.79 Å². The molecule has 0 unspecified atom stereocenters. The molecule has 0 N–H and O–H groups in total. The molecular formula is C2H6Br2O. The molecule has 1 nitrogen and oxygen atoms in total. The molecule has 0 aromatic heterocycles. The summed E-state index contributed by atoms with van der Waals surface area (Å²) in [5.74, 6) is 0. The van der Waals surface area contributed by atoms with Crippen LogP contribution in [0, 0.1) is 0 Å². The zero-order valence-electron chi connectivity index (χ0n) is 2.80. The van der Waals surface area contributed by atoms with Crippen molar-refractivity contribution >= 4 is 40.2 Å². The summed E-state index contributed by atoms with van der Waals surface area (Å²) in [6.07, 6.45) is 0.750. The van der Waals surface area contributed by atoms with Gasteiger partial charge in [-0.3, -0.25) is 0 Å². The van der Waals surface area contributed by atoms with E-state index in [4.69, 9.17) is 4.79 Å². The van der Waals surface area contributed by atoms with Gasteiger partial charge >= 0.3 is 0 Å². The predicted molar refractivity (Wildman–Crippen MR) is 32.4 cm³/mol. The van der Waals surface area contributed by atoms with E-state index in [1.807, 2.05) is 0 Å². The lowest BCUT2D eigenvalue weighted by atomic mass is 11.0. The second-order valence-corrected chi connectivity index (χ2v) is 0.236. The minimum absolute atomic E-state index is 0. The number of aldehydes is 1. The van der Waals surface area contributed by atoms with Crippen LogP contribution in [0.15, 0.2) is 0 Å². The summed E-state index contributed by atoms with van der Waals surface area (Å²) >= 11 is 0. The number of hydrogen-bond donors (Lipinski definition) is 0. The quantitative estimate of drug-likeness (QED) is 0.546. The molecule has 0 aliphatic rings. The summed E-state index contributed by atoms with van der Waals surface area (Å²) in [7, 11) is 0. The normalized spacial score (nSPS) is 2.60. The van der Waals surface area contributed by atoms with Crippen molar-refractivity contribution in [2.45, 2.75) is 6.92 Å². The van der Waals surface area contributed by atoms with Gasteiger partial charge in [0.25, 0.3) is 0 Å². The van der Waals surface area contributed by atoms with Gasteiger partial charge in [0, 0.05) is 0 Å². The molecule has 0 rings (SSSR count). The van der Waals surface area contributed by atoms with E-state index in [1.54, 1.807) is 0 Å². The van der Waals surface area contributed by atoms with Crippen molar-refractivity contribution in [1.29, 1.82) is 0 Å². The Bertz CT molecular complexity index is 15.1. The maximum absolute atomic E-state index is 8.81. The number of rotatable bonds is 0. The lowest BCUT2D eigenvalue weighted by Gasteiger charge is -1.23. The van der Waals surface area contributed by atoms with Crippen LogP contribution >= 0.6 is 34.0 Å². The van der Waals surface area contributed by atoms with Crippen LogP contribution in [0.3, 0.4) is 0 Å². The van der Waals surface area contributed by atoms with Crippen molar-refractivity contribution in [2.75, 3.05) is 0 Å². The van der Waals surface area contributed by atoms with Crippen LogP contribution in [-0.4, -0.2) is 6.29 Å². The van der Waals surface area contributed by atoms with Gasteiger partial charge in [0.15, 0.2) is 0 Å². The van der Waals surface area contributed by atoms with E-state index in [0.717, 1.165) is 6.29 Å². The highest BCUT2D eigenvalue weighted by Crippen LogP contribution is 1.13. The van der Waals surface area contributed by atoms with Gasteiger partial charge in [-0.25, -0.2) is 0 Å². The van der Waals surface area contributed by atoms with Gasteiger partial charge in [-0.15, -0.1) is 34.0 Å². The molecule has 0 aromatic rings. The number of carbonyl (C=O) groups excluding carboxylic acids is 1. The first-order valence-corrected chi connectivity index (χ1v) is 0.813. The Hall–Kier alpha value is 0.630. The van der Waals surface area contributed by atoms with Gasteiger partial charge in [0.05, 0.1) is 0 Å². The molecule has 0 atom stereocenters. The molecule has 0 amide bonds. The number of halogens is 2. The zero-order chi connectivity index (χ0) is 2.71. The SMILES string of the molecule is Br.Br.CC=O. The minimum atomic E-state index is 0. The Labute approximate surface area is 52.3 Å². The third kappa shape index (κ3) is 80.7. The van der Waals surface area contributed by atoms with E-state index in [-0.39, 0.29) is 34.0 Å². The molecule has 0 saturated carbocycles. The molecule has 0 saturated heterocycles. The molecular weight excluding hydrogens is 200 g/mol. The average Bonchev–Trinajstić information content (AvgIpc) is 0.918. The fourth-order valence-corrected chi connectivity index (χ4v) is 0. The smallest absolute Gasteiger partial charge is 0.116 e. The maximum Gasteiger partial charge on any atom is 0.116 e. The van der Waals surface area contributed by atoms with Gasteiger partial charge in [-0.05, 0) is 6.92 Å². The molecule has 5 heavy (non-hydrogen) atoms. The summed E-state index contributed by atoms with van der Waals surface area (Å²) in [4.78, 5) is 8.81. The fourth-order valence-electron chi connectivity index (χ4n) is 0. The molecule has 0 spiro atoms. The summed E-state index contributed by atoms with van der Waals surface area (Å²) in [5.41, 5.74) is 0. The molecule has 34 valence electrons. The first-order chi connectivity index (χ1) is 1.41. The van der Waals surface area contributed by atoms with E-state index in [0.29, 0.717) is 0 Å². The van der Waals surface area contributed by atoms with Crippen LogP contribution in [0.1, 0.15) is 6.92 Å². The molecule has 0 heterocycles. The lowest BCUT2D eigenvalue weighted by molar-refractivity contribution is -0.106. The van der Waals surface area contributed by atoms with E-state index < -0.39 is 0 Å².